The van der Waals surface area contributed by atoms with Gasteiger partial charge in [0.05, 0.1) is 23.6 Å². The fraction of sp³-hybridized carbons (Fsp3) is 0.417. The number of pyridine rings is 1. The third-order valence-electron chi connectivity index (χ3n) is 6.20. The molecule has 1 fully saturated rings. The highest BCUT2D eigenvalue weighted by Gasteiger charge is 2.21. The van der Waals surface area contributed by atoms with E-state index in [1.165, 1.54) is 30.5 Å². The van der Waals surface area contributed by atoms with Crippen molar-refractivity contribution in [3.8, 4) is 11.1 Å². The summed E-state index contributed by atoms with van der Waals surface area (Å²) in [5.74, 6) is 0.838. The van der Waals surface area contributed by atoms with E-state index in [0.717, 1.165) is 55.2 Å². The molecular weight excluding hydrogens is 400 g/mol. The summed E-state index contributed by atoms with van der Waals surface area (Å²) in [4.78, 5) is 13.9. The van der Waals surface area contributed by atoms with Gasteiger partial charge in [0.15, 0.2) is 0 Å². The van der Waals surface area contributed by atoms with Crippen molar-refractivity contribution in [2.24, 2.45) is 7.05 Å². The lowest BCUT2D eigenvalue weighted by molar-refractivity contribution is 0.640. The average Bonchev–Trinajstić information content (AvgIpc) is 3.46. The molecule has 0 saturated carbocycles. The van der Waals surface area contributed by atoms with Gasteiger partial charge in [-0.1, -0.05) is 25.8 Å². The Morgan fingerprint density at radius 1 is 0.812 bits per heavy atom. The molecule has 5 heterocycles. The highest BCUT2D eigenvalue weighted by Crippen LogP contribution is 2.26. The number of unbranched alkanes of at least 4 members (excludes halogenated alkanes) is 2. The number of hydrogen-bond donors (Lipinski definition) is 0. The Morgan fingerprint density at radius 3 is 2.31 bits per heavy atom. The lowest BCUT2D eigenvalue weighted by Crippen LogP contribution is -2.47. The molecule has 0 spiro atoms. The summed E-state index contributed by atoms with van der Waals surface area (Å²) >= 11 is 0. The molecule has 0 radical (unpaired) electrons. The summed E-state index contributed by atoms with van der Waals surface area (Å²) in [6, 6.07) is 4.29. The van der Waals surface area contributed by atoms with Crippen LogP contribution < -0.4 is 9.80 Å². The quantitative estimate of drug-likeness (QED) is 0.418. The molecule has 0 aliphatic carbocycles. The van der Waals surface area contributed by atoms with Gasteiger partial charge >= 0.3 is 0 Å². The van der Waals surface area contributed by atoms with E-state index in [9.17, 15) is 0 Å². The van der Waals surface area contributed by atoms with Crippen molar-refractivity contribution in [3.05, 3.63) is 54.9 Å². The summed E-state index contributed by atoms with van der Waals surface area (Å²) in [5, 5.41) is 8.88. The summed E-state index contributed by atoms with van der Waals surface area (Å²) in [7, 11) is 1.93. The summed E-state index contributed by atoms with van der Waals surface area (Å²) < 4.78 is 3.78. The highest BCUT2D eigenvalue weighted by molar-refractivity contribution is 5.75. The van der Waals surface area contributed by atoms with E-state index in [4.69, 9.17) is 0 Å². The van der Waals surface area contributed by atoms with Crippen LogP contribution in [0.5, 0.6) is 0 Å². The van der Waals surface area contributed by atoms with Crippen molar-refractivity contribution >= 4 is 17.2 Å². The molecule has 8 heteroatoms. The first-order chi connectivity index (χ1) is 15.7. The first-order valence-electron chi connectivity index (χ1n) is 11.5. The van der Waals surface area contributed by atoms with Crippen LogP contribution in [-0.4, -0.2) is 55.5 Å². The minimum atomic E-state index is 0.838. The Morgan fingerprint density at radius 2 is 1.59 bits per heavy atom. The predicted molar refractivity (Wildman–Crippen MR) is 127 cm³/mol. The first-order valence-corrected chi connectivity index (χ1v) is 11.5. The molecule has 0 bridgehead atoms. The van der Waals surface area contributed by atoms with E-state index >= 15 is 0 Å². The maximum Gasteiger partial charge on any atom is 0.225 e. The number of rotatable bonds is 7. The molecule has 1 saturated heterocycles. The predicted octanol–water partition coefficient (Wildman–Crippen LogP) is 3.58. The maximum absolute atomic E-state index is 4.63. The van der Waals surface area contributed by atoms with Crippen molar-refractivity contribution in [2.75, 3.05) is 36.0 Å². The summed E-state index contributed by atoms with van der Waals surface area (Å²) in [6.07, 6.45) is 16.7. The Hall–Kier alpha value is -3.42. The molecule has 0 amide bonds. The van der Waals surface area contributed by atoms with Gasteiger partial charge in [0.25, 0.3) is 0 Å². The number of aromatic nitrogens is 6. The number of anilines is 2. The highest BCUT2D eigenvalue weighted by atomic mass is 15.3. The molecule has 0 unspecified atom stereocenters. The lowest BCUT2D eigenvalue weighted by atomic mass is 10.1. The Kier molecular flexibility index (Phi) is 5.75. The van der Waals surface area contributed by atoms with Crippen molar-refractivity contribution in [3.63, 3.8) is 0 Å². The van der Waals surface area contributed by atoms with Gasteiger partial charge in [0.1, 0.15) is 0 Å². The average molecular weight is 431 g/mol. The Labute approximate surface area is 188 Å². The lowest BCUT2D eigenvalue weighted by Gasteiger charge is -2.35. The van der Waals surface area contributed by atoms with E-state index in [2.05, 4.69) is 55.2 Å². The fourth-order valence-corrected chi connectivity index (χ4v) is 4.32. The molecule has 166 valence electrons. The van der Waals surface area contributed by atoms with Crippen molar-refractivity contribution in [2.45, 2.75) is 32.6 Å². The molecule has 1 aliphatic rings. The van der Waals surface area contributed by atoms with Gasteiger partial charge in [0, 0.05) is 69.1 Å². The van der Waals surface area contributed by atoms with Crippen LogP contribution in [0.25, 0.3) is 16.6 Å². The molecule has 0 N–H and O–H groups in total. The van der Waals surface area contributed by atoms with Crippen molar-refractivity contribution in [1.82, 2.24) is 29.4 Å². The van der Waals surface area contributed by atoms with Crippen LogP contribution in [0.1, 0.15) is 31.7 Å². The third kappa shape index (κ3) is 4.17. The van der Waals surface area contributed by atoms with Gasteiger partial charge in [-0.15, -0.1) is 0 Å². The SMILES string of the molecule is CCCCCc1cnc(N2CCN(c3cnn4cc(-c5cnn(C)c5)ccc34)CC2)nc1. The molecule has 0 atom stereocenters. The number of nitrogens with zero attached hydrogens (tertiary/aromatic N) is 8. The largest absolute Gasteiger partial charge is 0.365 e. The van der Waals surface area contributed by atoms with Gasteiger partial charge in [-0.3, -0.25) is 4.68 Å². The van der Waals surface area contributed by atoms with E-state index in [1.54, 1.807) is 0 Å². The summed E-state index contributed by atoms with van der Waals surface area (Å²) in [6.45, 7) is 5.88. The van der Waals surface area contributed by atoms with Gasteiger partial charge < -0.3 is 9.80 Å². The molecule has 4 aromatic heterocycles. The van der Waals surface area contributed by atoms with Gasteiger partial charge in [-0.05, 0) is 24.5 Å². The zero-order valence-corrected chi connectivity index (χ0v) is 18.9. The van der Waals surface area contributed by atoms with Crippen LogP contribution in [0, 0.1) is 0 Å². The van der Waals surface area contributed by atoms with Crippen LogP contribution in [0.15, 0.2) is 49.3 Å². The smallest absolute Gasteiger partial charge is 0.225 e. The van der Waals surface area contributed by atoms with Gasteiger partial charge in [-0.25, -0.2) is 14.5 Å². The Bertz CT molecular complexity index is 1170. The van der Waals surface area contributed by atoms with Crippen LogP contribution in [0.3, 0.4) is 0 Å². The van der Waals surface area contributed by atoms with Crippen LogP contribution in [-0.2, 0) is 13.5 Å². The molecule has 5 rings (SSSR count). The number of hydrogen-bond acceptors (Lipinski definition) is 6. The van der Waals surface area contributed by atoms with E-state index in [1.807, 2.05) is 47.2 Å². The molecule has 8 nitrogen and oxygen atoms in total. The van der Waals surface area contributed by atoms with Crippen LogP contribution in [0.2, 0.25) is 0 Å². The van der Waals surface area contributed by atoms with Crippen molar-refractivity contribution in [1.29, 1.82) is 0 Å². The normalized spacial score (nSPS) is 14.4. The van der Waals surface area contributed by atoms with Gasteiger partial charge in [0.2, 0.25) is 5.95 Å². The molecule has 1 aliphatic heterocycles. The zero-order chi connectivity index (χ0) is 21.9. The second kappa shape index (κ2) is 8.98. The number of fused-ring (bicyclic) bond motifs is 1. The molecular formula is C24H30N8. The first kappa shape index (κ1) is 20.5. The third-order valence-corrected chi connectivity index (χ3v) is 6.20. The monoisotopic (exact) mass is 430 g/mol. The Balaban J connectivity index is 1.24. The van der Waals surface area contributed by atoms with Gasteiger partial charge in [-0.2, -0.15) is 10.2 Å². The fourth-order valence-electron chi connectivity index (χ4n) is 4.32. The molecule has 0 aromatic carbocycles. The minimum Gasteiger partial charge on any atom is -0.365 e. The van der Waals surface area contributed by atoms with E-state index < -0.39 is 0 Å². The second-order valence-corrected chi connectivity index (χ2v) is 8.50. The zero-order valence-electron chi connectivity index (χ0n) is 18.9. The van der Waals surface area contributed by atoms with Crippen LogP contribution in [0.4, 0.5) is 11.6 Å². The minimum absolute atomic E-state index is 0.838. The summed E-state index contributed by atoms with van der Waals surface area (Å²) in [5.41, 5.74) is 5.74. The van der Waals surface area contributed by atoms with E-state index in [-0.39, 0.29) is 0 Å². The molecule has 4 aromatic rings. The second-order valence-electron chi connectivity index (χ2n) is 8.50. The van der Waals surface area contributed by atoms with Crippen molar-refractivity contribution < 1.29 is 0 Å². The number of aryl methyl sites for hydroxylation is 2. The topological polar surface area (TPSA) is 67.4 Å². The maximum atomic E-state index is 4.63. The molecule has 32 heavy (non-hydrogen) atoms. The standard InChI is InChI=1S/C24H30N8/c1-3-4-5-6-19-13-25-24(26-14-19)31-11-9-30(10-12-31)23-16-28-32-18-20(7-8-22(23)32)21-15-27-29(2)17-21/h7-8,13-18H,3-6,9-12H2,1-2H3. The van der Waals surface area contributed by atoms with E-state index in [0.29, 0.717) is 0 Å². The number of piperazine rings is 1. The van der Waals surface area contributed by atoms with Crippen LogP contribution >= 0.6 is 0 Å².